The molecule has 2 nitrogen and oxygen atoms in total. The normalized spacial score (nSPS) is 10.7. The van der Waals surface area contributed by atoms with Crippen molar-refractivity contribution in [1.82, 2.24) is 9.55 Å². The van der Waals surface area contributed by atoms with Crippen molar-refractivity contribution in [2.24, 2.45) is 0 Å². The third kappa shape index (κ3) is 1.99. The van der Waals surface area contributed by atoms with Gasteiger partial charge in [0.15, 0.2) is 4.77 Å². The van der Waals surface area contributed by atoms with E-state index in [1.54, 1.807) is 11.3 Å². The van der Waals surface area contributed by atoms with Gasteiger partial charge in [0, 0.05) is 21.2 Å². The highest BCUT2D eigenvalue weighted by molar-refractivity contribution is 9.10. The molecule has 0 aromatic carbocycles. The summed E-state index contributed by atoms with van der Waals surface area (Å²) in [4.78, 5) is 4.40. The molecule has 2 rings (SSSR count). The first-order valence-electron chi connectivity index (χ1n) is 4.15. The number of aromatic amines is 1. The molecule has 0 aliphatic heterocycles. The van der Waals surface area contributed by atoms with Crippen molar-refractivity contribution in [2.45, 2.75) is 13.5 Å². The summed E-state index contributed by atoms with van der Waals surface area (Å²) >= 11 is 10.4. The highest BCUT2D eigenvalue weighted by Crippen LogP contribution is 2.23. The Balaban J connectivity index is 2.31. The minimum absolute atomic E-state index is 0.780. The summed E-state index contributed by atoms with van der Waals surface area (Å²) in [6.07, 6.45) is 2.04. The van der Waals surface area contributed by atoms with Crippen LogP contribution in [-0.4, -0.2) is 9.55 Å². The standard InChI is InChI=1S/C9H9BrN2S2/c1-6-4-12(9(13)11-6)5-8-7(10)2-3-14-8/h2-4H,5H2,1H3,(H,11,13). The Morgan fingerprint density at radius 2 is 2.43 bits per heavy atom. The van der Waals surface area contributed by atoms with Gasteiger partial charge in [-0.2, -0.15) is 0 Å². The summed E-state index contributed by atoms with van der Waals surface area (Å²) in [5, 5.41) is 2.07. The third-order valence-corrected chi connectivity index (χ3v) is 4.17. The van der Waals surface area contributed by atoms with Crippen molar-refractivity contribution in [3.05, 3.63) is 37.5 Å². The van der Waals surface area contributed by atoms with Crippen molar-refractivity contribution in [3.8, 4) is 0 Å². The second-order valence-corrected chi connectivity index (χ2v) is 5.30. The summed E-state index contributed by atoms with van der Waals surface area (Å²) in [5.74, 6) is 0. The predicted molar refractivity (Wildman–Crippen MR) is 65.5 cm³/mol. The van der Waals surface area contributed by atoms with Crippen LogP contribution in [0.1, 0.15) is 10.6 Å². The molecule has 2 heterocycles. The molecule has 0 aliphatic rings. The lowest BCUT2D eigenvalue weighted by Crippen LogP contribution is -1.96. The molecule has 2 aromatic heterocycles. The predicted octanol–water partition coefficient (Wildman–Crippen LogP) is 3.73. The summed E-state index contributed by atoms with van der Waals surface area (Å²) in [6.45, 7) is 2.84. The second kappa shape index (κ2) is 4.00. The molecule has 1 N–H and O–H groups in total. The van der Waals surface area contributed by atoms with E-state index in [4.69, 9.17) is 12.2 Å². The van der Waals surface area contributed by atoms with E-state index in [1.807, 2.05) is 17.7 Å². The minimum Gasteiger partial charge on any atom is -0.335 e. The molecule has 0 amide bonds. The highest BCUT2D eigenvalue weighted by atomic mass is 79.9. The fraction of sp³-hybridized carbons (Fsp3) is 0.222. The van der Waals surface area contributed by atoms with Crippen LogP contribution in [0.25, 0.3) is 0 Å². The summed E-state index contributed by atoms with van der Waals surface area (Å²) in [5.41, 5.74) is 1.10. The minimum atomic E-state index is 0.780. The Hall–Kier alpha value is -0.390. The summed E-state index contributed by atoms with van der Waals surface area (Å²) < 4.78 is 3.98. The number of aryl methyl sites for hydroxylation is 1. The second-order valence-electron chi connectivity index (χ2n) is 3.06. The van der Waals surface area contributed by atoms with Crippen LogP contribution in [0.15, 0.2) is 22.1 Å². The van der Waals surface area contributed by atoms with Crippen LogP contribution in [0.3, 0.4) is 0 Å². The molecule has 0 saturated carbocycles. The van der Waals surface area contributed by atoms with Crippen LogP contribution in [0, 0.1) is 11.7 Å². The zero-order valence-corrected chi connectivity index (χ0v) is 10.8. The Kier molecular flexibility index (Phi) is 2.90. The monoisotopic (exact) mass is 288 g/mol. The van der Waals surface area contributed by atoms with Crippen LogP contribution >= 0.6 is 39.5 Å². The van der Waals surface area contributed by atoms with Crippen LogP contribution < -0.4 is 0 Å². The number of nitrogens with one attached hydrogen (secondary N) is 1. The fourth-order valence-corrected chi connectivity index (χ4v) is 3.03. The van der Waals surface area contributed by atoms with Gasteiger partial charge >= 0.3 is 0 Å². The Morgan fingerprint density at radius 3 is 2.93 bits per heavy atom. The molecule has 0 unspecified atom stereocenters. The smallest absolute Gasteiger partial charge is 0.177 e. The maximum atomic E-state index is 5.19. The van der Waals surface area contributed by atoms with Gasteiger partial charge in [-0.15, -0.1) is 11.3 Å². The molecule has 14 heavy (non-hydrogen) atoms. The van der Waals surface area contributed by atoms with E-state index in [0.717, 1.165) is 21.5 Å². The van der Waals surface area contributed by atoms with Crippen LogP contribution in [0.5, 0.6) is 0 Å². The lowest BCUT2D eigenvalue weighted by atomic mass is 10.4. The van der Waals surface area contributed by atoms with E-state index in [0.29, 0.717) is 0 Å². The molecule has 0 saturated heterocycles. The number of hydrogen-bond acceptors (Lipinski definition) is 2. The number of rotatable bonds is 2. The average molecular weight is 289 g/mol. The molecular weight excluding hydrogens is 280 g/mol. The molecule has 74 valence electrons. The van der Waals surface area contributed by atoms with Crippen LogP contribution in [-0.2, 0) is 6.54 Å². The molecule has 0 bridgehead atoms. The van der Waals surface area contributed by atoms with E-state index in [2.05, 4.69) is 32.4 Å². The average Bonchev–Trinajstić information content (AvgIpc) is 2.62. The molecule has 5 heteroatoms. The van der Waals surface area contributed by atoms with E-state index in [9.17, 15) is 0 Å². The van der Waals surface area contributed by atoms with Gasteiger partial charge < -0.3 is 9.55 Å². The highest BCUT2D eigenvalue weighted by Gasteiger charge is 2.03. The van der Waals surface area contributed by atoms with Crippen molar-refractivity contribution in [1.29, 1.82) is 0 Å². The van der Waals surface area contributed by atoms with Gasteiger partial charge in [-0.25, -0.2) is 0 Å². The van der Waals surface area contributed by atoms with Gasteiger partial charge in [-0.05, 0) is 46.5 Å². The van der Waals surface area contributed by atoms with Gasteiger partial charge in [0.05, 0.1) is 6.54 Å². The third-order valence-electron chi connectivity index (χ3n) is 1.92. The number of halogens is 1. The lowest BCUT2D eigenvalue weighted by molar-refractivity contribution is 0.793. The number of imidazole rings is 1. The van der Waals surface area contributed by atoms with E-state index in [1.165, 1.54) is 4.88 Å². The Labute approximate surface area is 99.7 Å². The molecule has 0 radical (unpaired) electrons. The zero-order chi connectivity index (χ0) is 10.1. The first-order chi connectivity index (χ1) is 6.66. The molecule has 0 aliphatic carbocycles. The maximum absolute atomic E-state index is 5.19. The molecule has 2 aromatic rings. The van der Waals surface area contributed by atoms with Crippen molar-refractivity contribution >= 4 is 39.5 Å². The number of thiophene rings is 1. The fourth-order valence-electron chi connectivity index (χ4n) is 1.28. The van der Waals surface area contributed by atoms with Gasteiger partial charge in [0.1, 0.15) is 0 Å². The largest absolute Gasteiger partial charge is 0.335 e. The first-order valence-corrected chi connectivity index (χ1v) is 6.23. The van der Waals surface area contributed by atoms with E-state index in [-0.39, 0.29) is 0 Å². The van der Waals surface area contributed by atoms with Crippen molar-refractivity contribution in [2.75, 3.05) is 0 Å². The maximum Gasteiger partial charge on any atom is 0.177 e. The van der Waals surface area contributed by atoms with Crippen LogP contribution in [0.2, 0.25) is 0 Å². The lowest BCUT2D eigenvalue weighted by Gasteiger charge is -1.99. The summed E-state index contributed by atoms with van der Waals surface area (Å²) in [7, 11) is 0. The van der Waals surface area contributed by atoms with E-state index >= 15 is 0 Å². The number of H-pyrrole nitrogens is 1. The van der Waals surface area contributed by atoms with Crippen molar-refractivity contribution < 1.29 is 0 Å². The topological polar surface area (TPSA) is 20.7 Å². The quantitative estimate of drug-likeness (QED) is 0.836. The molecule has 0 spiro atoms. The Morgan fingerprint density at radius 1 is 1.64 bits per heavy atom. The van der Waals surface area contributed by atoms with E-state index < -0.39 is 0 Å². The van der Waals surface area contributed by atoms with Crippen LogP contribution in [0.4, 0.5) is 0 Å². The zero-order valence-electron chi connectivity index (χ0n) is 7.58. The molecule has 0 atom stereocenters. The van der Waals surface area contributed by atoms with Gasteiger partial charge in [0.2, 0.25) is 0 Å². The Bertz CT molecular complexity index is 495. The molecular formula is C9H9BrN2S2. The van der Waals surface area contributed by atoms with Gasteiger partial charge in [-0.1, -0.05) is 0 Å². The first kappa shape index (κ1) is 10.1. The number of hydrogen-bond donors (Lipinski definition) is 1. The summed E-state index contributed by atoms with van der Waals surface area (Å²) in [6, 6.07) is 2.06. The number of aromatic nitrogens is 2. The molecule has 0 fully saturated rings. The van der Waals surface area contributed by atoms with Gasteiger partial charge in [-0.3, -0.25) is 0 Å². The van der Waals surface area contributed by atoms with Crippen molar-refractivity contribution in [3.63, 3.8) is 0 Å². The number of nitrogens with zero attached hydrogens (tertiary/aromatic N) is 1. The van der Waals surface area contributed by atoms with Gasteiger partial charge in [0.25, 0.3) is 0 Å². The SMILES string of the molecule is Cc1cn(Cc2sccc2Br)c(=S)[nH]1.